The molecule has 3 rings (SSSR count). The van der Waals surface area contributed by atoms with Gasteiger partial charge in [-0.15, -0.1) is 0 Å². The second-order valence-electron chi connectivity index (χ2n) is 4.86. The third-order valence-corrected chi connectivity index (χ3v) is 3.18. The van der Waals surface area contributed by atoms with Crippen molar-refractivity contribution in [2.75, 3.05) is 5.73 Å². The molecule has 2 heterocycles. The van der Waals surface area contributed by atoms with Gasteiger partial charge >= 0.3 is 0 Å². The lowest BCUT2D eigenvalue weighted by Gasteiger charge is -2.04. The van der Waals surface area contributed by atoms with Gasteiger partial charge < -0.3 is 5.73 Å². The molecule has 2 aromatic heterocycles. The number of nitrogen functional groups attached to an aromatic ring is 1. The van der Waals surface area contributed by atoms with Gasteiger partial charge in [-0.3, -0.25) is 0 Å². The second-order valence-corrected chi connectivity index (χ2v) is 4.86. The molecular formula is C16H17N5. The van der Waals surface area contributed by atoms with Gasteiger partial charge in [0.1, 0.15) is 11.6 Å². The first-order valence-corrected chi connectivity index (χ1v) is 7.00. The number of hydrogen-bond acceptors (Lipinski definition) is 4. The summed E-state index contributed by atoms with van der Waals surface area (Å²) in [6.45, 7) is 2.09. The number of aryl methyl sites for hydroxylation is 1. The van der Waals surface area contributed by atoms with Crippen LogP contribution < -0.4 is 5.73 Å². The molecule has 0 amide bonds. The van der Waals surface area contributed by atoms with E-state index in [1.807, 2.05) is 30.6 Å². The molecule has 2 N–H and O–H groups in total. The zero-order valence-electron chi connectivity index (χ0n) is 11.9. The Bertz CT molecular complexity index is 733. The van der Waals surface area contributed by atoms with Crippen LogP contribution in [0.15, 0.2) is 48.8 Å². The predicted octanol–water partition coefficient (Wildman–Crippen LogP) is 2.86. The highest BCUT2D eigenvalue weighted by molar-refractivity contribution is 5.61. The van der Waals surface area contributed by atoms with E-state index in [9.17, 15) is 0 Å². The Hall–Kier alpha value is -2.69. The van der Waals surface area contributed by atoms with Crippen molar-refractivity contribution < 1.29 is 0 Å². The van der Waals surface area contributed by atoms with Crippen LogP contribution in [0.25, 0.3) is 16.9 Å². The molecule has 1 aromatic carbocycles. The van der Waals surface area contributed by atoms with Crippen LogP contribution in [0.3, 0.4) is 0 Å². The van der Waals surface area contributed by atoms with Crippen LogP contribution in [-0.4, -0.2) is 19.7 Å². The van der Waals surface area contributed by atoms with Gasteiger partial charge in [-0.1, -0.05) is 37.3 Å². The third kappa shape index (κ3) is 2.91. The van der Waals surface area contributed by atoms with Crippen molar-refractivity contribution in [2.45, 2.75) is 19.8 Å². The maximum absolute atomic E-state index is 5.85. The van der Waals surface area contributed by atoms with E-state index in [-0.39, 0.29) is 0 Å². The maximum atomic E-state index is 5.85. The van der Waals surface area contributed by atoms with E-state index in [1.165, 1.54) is 0 Å². The highest BCUT2D eigenvalue weighted by Crippen LogP contribution is 2.19. The summed E-state index contributed by atoms with van der Waals surface area (Å²) in [6.07, 6.45) is 5.57. The van der Waals surface area contributed by atoms with E-state index in [4.69, 9.17) is 5.73 Å². The van der Waals surface area contributed by atoms with E-state index in [0.29, 0.717) is 11.6 Å². The summed E-state index contributed by atoms with van der Waals surface area (Å²) in [6, 6.07) is 11.9. The van der Waals surface area contributed by atoms with Crippen LogP contribution in [0.4, 0.5) is 5.82 Å². The van der Waals surface area contributed by atoms with Gasteiger partial charge in [0, 0.05) is 24.2 Å². The van der Waals surface area contributed by atoms with Gasteiger partial charge in [0.05, 0.1) is 6.20 Å². The first kappa shape index (κ1) is 13.3. The zero-order chi connectivity index (χ0) is 14.7. The molecule has 5 nitrogen and oxygen atoms in total. The number of rotatable bonds is 4. The average Bonchev–Trinajstić information content (AvgIpc) is 2.98. The van der Waals surface area contributed by atoms with Crippen LogP contribution in [0, 0.1) is 0 Å². The van der Waals surface area contributed by atoms with Crippen molar-refractivity contribution in [3.05, 3.63) is 54.6 Å². The highest BCUT2D eigenvalue weighted by Gasteiger charge is 2.07. The Morgan fingerprint density at radius 2 is 1.90 bits per heavy atom. The van der Waals surface area contributed by atoms with Crippen LogP contribution in [0.2, 0.25) is 0 Å². The van der Waals surface area contributed by atoms with Crippen LogP contribution in [0.1, 0.15) is 19.2 Å². The predicted molar refractivity (Wildman–Crippen MR) is 83.0 cm³/mol. The smallest absolute Gasteiger partial charge is 0.159 e. The fourth-order valence-corrected chi connectivity index (χ4v) is 2.18. The van der Waals surface area contributed by atoms with Gasteiger partial charge in [0.2, 0.25) is 0 Å². The molecule has 0 saturated carbocycles. The maximum Gasteiger partial charge on any atom is 0.159 e. The average molecular weight is 279 g/mol. The Labute approximate surface area is 123 Å². The highest BCUT2D eigenvalue weighted by atomic mass is 15.3. The lowest BCUT2D eigenvalue weighted by Crippen LogP contribution is -2.06. The summed E-state index contributed by atoms with van der Waals surface area (Å²) in [5, 5.41) is 4.38. The normalized spacial score (nSPS) is 10.7. The molecule has 0 saturated heterocycles. The molecule has 0 aliphatic heterocycles. The quantitative estimate of drug-likeness (QED) is 0.797. The molecule has 0 atom stereocenters. The minimum atomic E-state index is 0.472. The summed E-state index contributed by atoms with van der Waals surface area (Å²) in [5.41, 5.74) is 8.02. The SMILES string of the molecule is CCCc1nc(N)cc(-n2cc(-c3ccccc3)cn2)n1. The molecule has 21 heavy (non-hydrogen) atoms. The summed E-state index contributed by atoms with van der Waals surface area (Å²) in [4.78, 5) is 8.75. The second kappa shape index (κ2) is 5.75. The van der Waals surface area contributed by atoms with E-state index in [0.717, 1.165) is 29.8 Å². The lowest BCUT2D eigenvalue weighted by molar-refractivity contribution is 0.787. The summed E-state index contributed by atoms with van der Waals surface area (Å²) < 4.78 is 1.74. The van der Waals surface area contributed by atoms with E-state index in [1.54, 1.807) is 10.7 Å². The summed E-state index contributed by atoms with van der Waals surface area (Å²) in [5.74, 6) is 1.93. The summed E-state index contributed by atoms with van der Waals surface area (Å²) in [7, 11) is 0. The van der Waals surface area contributed by atoms with Crippen molar-refractivity contribution >= 4 is 5.82 Å². The fourth-order valence-electron chi connectivity index (χ4n) is 2.18. The lowest BCUT2D eigenvalue weighted by atomic mass is 10.1. The van der Waals surface area contributed by atoms with Crippen molar-refractivity contribution in [1.29, 1.82) is 0 Å². The minimum Gasteiger partial charge on any atom is -0.384 e. The molecule has 0 bridgehead atoms. The van der Waals surface area contributed by atoms with Crippen LogP contribution in [0.5, 0.6) is 0 Å². The molecule has 0 aliphatic rings. The van der Waals surface area contributed by atoms with E-state index >= 15 is 0 Å². The molecule has 0 radical (unpaired) electrons. The Morgan fingerprint density at radius 1 is 1.10 bits per heavy atom. The van der Waals surface area contributed by atoms with Crippen molar-refractivity contribution in [1.82, 2.24) is 19.7 Å². The number of aromatic nitrogens is 4. The third-order valence-electron chi connectivity index (χ3n) is 3.18. The number of benzene rings is 1. The zero-order valence-corrected chi connectivity index (χ0v) is 11.9. The Balaban J connectivity index is 1.96. The molecule has 0 fully saturated rings. The van der Waals surface area contributed by atoms with Gasteiger partial charge in [-0.2, -0.15) is 5.10 Å². The number of nitrogens with zero attached hydrogens (tertiary/aromatic N) is 4. The minimum absolute atomic E-state index is 0.472. The number of anilines is 1. The fraction of sp³-hybridized carbons (Fsp3) is 0.188. The standard InChI is InChI=1S/C16H17N5/c1-2-6-15-19-14(17)9-16(20-15)21-11-13(10-18-21)12-7-4-3-5-8-12/h3-5,7-11H,2,6H2,1H3,(H2,17,19,20). The van der Waals surface area contributed by atoms with Gasteiger partial charge in [-0.05, 0) is 12.0 Å². The molecule has 0 spiro atoms. The first-order chi connectivity index (χ1) is 10.3. The van der Waals surface area contributed by atoms with E-state index < -0.39 is 0 Å². The van der Waals surface area contributed by atoms with Crippen LogP contribution in [-0.2, 0) is 6.42 Å². The van der Waals surface area contributed by atoms with Crippen LogP contribution >= 0.6 is 0 Å². The molecule has 3 aromatic rings. The number of nitrogens with two attached hydrogens (primary N) is 1. The van der Waals surface area contributed by atoms with Gasteiger partial charge in [0.15, 0.2) is 5.82 Å². The molecule has 0 unspecified atom stereocenters. The van der Waals surface area contributed by atoms with Gasteiger partial charge in [0.25, 0.3) is 0 Å². The summed E-state index contributed by atoms with van der Waals surface area (Å²) >= 11 is 0. The van der Waals surface area contributed by atoms with E-state index in [2.05, 4.69) is 34.1 Å². The Morgan fingerprint density at radius 3 is 2.67 bits per heavy atom. The van der Waals surface area contributed by atoms with Gasteiger partial charge in [-0.25, -0.2) is 14.6 Å². The van der Waals surface area contributed by atoms with Crippen molar-refractivity contribution in [3.63, 3.8) is 0 Å². The molecular weight excluding hydrogens is 262 g/mol. The molecule has 106 valence electrons. The van der Waals surface area contributed by atoms with Crippen molar-refractivity contribution in [2.24, 2.45) is 0 Å². The Kier molecular flexibility index (Phi) is 3.64. The molecule has 5 heteroatoms. The molecule has 0 aliphatic carbocycles. The topological polar surface area (TPSA) is 69.6 Å². The largest absolute Gasteiger partial charge is 0.384 e. The van der Waals surface area contributed by atoms with Crippen molar-refractivity contribution in [3.8, 4) is 16.9 Å². The monoisotopic (exact) mass is 279 g/mol. The number of hydrogen-bond donors (Lipinski definition) is 1. The first-order valence-electron chi connectivity index (χ1n) is 7.00.